The van der Waals surface area contributed by atoms with Gasteiger partial charge < -0.3 is 5.73 Å². The van der Waals surface area contributed by atoms with Gasteiger partial charge in [0.15, 0.2) is 0 Å². The highest BCUT2D eigenvalue weighted by molar-refractivity contribution is 6.31. The molecule has 1 nitrogen and oxygen atoms in total. The van der Waals surface area contributed by atoms with Crippen LogP contribution in [0.2, 0.25) is 5.02 Å². The van der Waals surface area contributed by atoms with E-state index in [4.69, 9.17) is 17.3 Å². The molecule has 2 N–H and O–H groups in total. The minimum Gasteiger partial charge on any atom is -0.330 e. The summed E-state index contributed by atoms with van der Waals surface area (Å²) in [6, 6.07) is 6.45. The molecule has 1 aromatic rings. The summed E-state index contributed by atoms with van der Waals surface area (Å²) in [6.07, 6.45) is 5.03. The topological polar surface area (TPSA) is 26.0 Å². The van der Waals surface area contributed by atoms with Gasteiger partial charge in [-0.3, -0.25) is 0 Å². The summed E-state index contributed by atoms with van der Waals surface area (Å²) >= 11 is 6.41. The maximum Gasteiger partial charge on any atom is 0.0440 e. The third-order valence-electron chi connectivity index (χ3n) is 5.12. The second kappa shape index (κ2) is 6.95. The fourth-order valence-electron chi connectivity index (χ4n) is 3.63. The SMILES string of the molecule is Cc1ccc(CC2CC(C(C)C)CCC2CN)c(Cl)c1. The summed E-state index contributed by atoms with van der Waals surface area (Å²) < 4.78 is 0. The monoisotopic (exact) mass is 293 g/mol. The molecule has 2 rings (SSSR count). The zero-order valence-corrected chi connectivity index (χ0v) is 13.8. The Labute approximate surface area is 128 Å². The summed E-state index contributed by atoms with van der Waals surface area (Å²) in [7, 11) is 0. The van der Waals surface area contributed by atoms with Crippen LogP contribution in [0.4, 0.5) is 0 Å². The van der Waals surface area contributed by atoms with E-state index in [1.54, 1.807) is 0 Å². The first-order chi connectivity index (χ1) is 9.51. The molecule has 1 aromatic carbocycles. The van der Waals surface area contributed by atoms with Gasteiger partial charge in [0.25, 0.3) is 0 Å². The molecule has 0 radical (unpaired) electrons. The Morgan fingerprint density at radius 3 is 2.60 bits per heavy atom. The van der Waals surface area contributed by atoms with Crippen LogP contribution in [0.1, 0.15) is 44.2 Å². The Hall–Kier alpha value is -0.530. The van der Waals surface area contributed by atoms with Gasteiger partial charge in [-0.15, -0.1) is 0 Å². The molecular formula is C18H28ClN. The van der Waals surface area contributed by atoms with Crippen molar-refractivity contribution in [2.75, 3.05) is 6.54 Å². The van der Waals surface area contributed by atoms with Crippen LogP contribution in [-0.4, -0.2) is 6.54 Å². The Kier molecular flexibility index (Phi) is 5.51. The fourth-order valence-corrected chi connectivity index (χ4v) is 3.94. The lowest BCUT2D eigenvalue weighted by Gasteiger charge is -2.37. The number of rotatable bonds is 4. The van der Waals surface area contributed by atoms with Crippen molar-refractivity contribution >= 4 is 11.6 Å². The fraction of sp³-hybridized carbons (Fsp3) is 0.667. The maximum absolute atomic E-state index is 6.41. The van der Waals surface area contributed by atoms with Crippen LogP contribution in [0, 0.1) is 30.6 Å². The quantitative estimate of drug-likeness (QED) is 0.845. The van der Waals surface area contributed by atoms with E-state index in [0.717, 1.165) is 29.8 Å². The van der Waals surface area contributed by atoms with E-state index in [1.165, 1.54) is 30.4 Å². The molecule has 112 valence electrons. The van der Waals surface area contributed by atoms with Gasteiger partial charge in [-0.25, -0.2) is 0 Å². The molecule has 0 bridgehead atoms. The largest absolute Gasteiger partial charge is 0.330 e. The Balaban J connectivity index is 2.11. The number of benzene rings is 1. The smallest absolute Gasteiger partial charge is 0.0440 e. The Morgan fingerprint density at radius 2 is 2.00 bits per heavy atom. The third kappa shape index (κ3) is 3.77. The molecule has 0 spiro atoms. The molecule has 0 aromatic heterocycles. The number of nitrogens with two attached hydrogens (primary N) is 1. The lowest BCUT2D eigenvalue weighted by molar-refractivity contribution is 0.151. The molecule has 2 heteroatoms. The van der Waals surface area contributed by atoms with E-state index in [2.05, 4.69) is 39.0 Å². The highest BCUT2D eigenvalue weighted by Crippen LogP contribution is 2.39. The highest BCUT2D eigenvalue weighted by Gasteiger charge is 2.31. The van der Waals surface area contributed by atoms with E-state index in [9.17, 15) is 0 Å². The van der Waals surface area contributed by atoms with Crippen molar-refractivity contribution in [3.63, 3.8) is 0 Å². The van der Waals surface area contributed by atoms with Crippen LogP contribution < -0.4 is 5.73 Å². The summed E-state index contributed by atoms with van der Waals surface area (Å²) in [6.45, 7) is 7.61. The molecule has 0 amide bonds. The van der Waals surface area contributed by atoms with E-state index >= 15 is 0 Å². The minimum atomic E-state index is 0.669. The minimum absolute atomic E-state index is 0.669. The van der Waals surface area contributed by atoms with E-state index in [1.807, 2.05) is 0 Å². The normalized spacial score (nSPS) is 27.0. The number of hydrogen-bond acceptors (Lipinski definition) is 1. The first-order valence-corrected chi connectivity index (χ1v) is 8.34. The summed E-state index contributed by atoms with van der Waals surface area (Å²) in [5.41, 5.74) is 8.53. The number of aryl methyl sites for hydroxylation is 1. The zero-order valence-electron chi connectivity index (χ0n) is 13.0. The van der Waals surface area contributed by atoms with Gasteiger partial charge in [0.2, 0.25) is 0 Å². The molecule has 0 heterocycles. The van der Waals surface area contributed by atoms with Gasteiger partial charge in [0.05, 0.1) is 0 Å². The Morgan fingerprint density at radius 1 is 1.25 bits per heavy atom. The van der Waals surface area contributed by atoms with Crippen LogP contribution in [-0.2, 0) is 6.42 Å². The van der Waals surface area contributed by atoms with Crippen molar-refractivity contribution in [1.29, 1.82) is 0 Å². The zero-order chi connectivity index (χ0) is 14.7. The van der Waals surface area contributed by atoms with Crippen LogP contribution in [0.3, 0.4) is 0 Å². The van der Waals surface area contributed by atoms with Crippen molar-refractivity contribution in [2.24, 2.45) is 29.4 Å². The van der Waals surface area contributed by atoms with E-state index in [-0.39, 0.29) is 0 Å². The van der Waals surface area contributed by atoms with Crippen LogP contribution in [0.25, 0.3) is 0 Å². The number of hydrogen-bond donors (Lipinski definition) is 1. The molecule has 3 unspecified atom stereocenters. The van der Waals surface area contributed by atoms with Gasteiger partial charge in [-0.2, -0.15) is 0 Å². The van der Waals surface area contributed by atoms with Crippen molar-refractivity contribution in [2.45, 2.75) is 46.5 Å². The molecule has 3 atom stereocenters. The predicted molar refractivity (Wildman–Crippen MR) is 88.1 cm³/mol. The summed E-state index contributed by atoms with van der Waals surface area (Å²) in [4.78, 5) is 0. The van der Waals surface area contributed by atoms with Gasteiger partial charge in [0, 0.05) is 5.02 Å². The Bertz CT molecular complexity index is 441. The van der Waals surface area contributed by atoms with Gasteiger partial charge >= 0.3 is 0 Å². The molecule has 20 heavy (non-hydrogen) atoms. The molecule has 0 aliphatic heterocycles. The summed E-state index contributed by atoms with van der Waals surface area (Å²) in [5, 5.41) is 0.924. The van der Waals surface area contributed by atoms with Crippen LogP contribution in [0.5, 0.6) is 0 Å². The third-order valence-corrected chi connectivity index (χ3v) is 5.47. The molecular weight excluding hydrogens is 266 g/mol. The molecule has 1 saturated carbocycles. The highest BCUT2D eigenvalue weighted by atomic mass is 35.5. The molecule has 1 fully saturated rings. The van der Waals surface area contributed by atoms with Crippen molar-refractivity contribution in [1.82, 2.24) is 0 Å². The molecule has 1 aliphatic carbocycles. The second-order valence-electron chi connectivity index (χ2n) is 6.87. The first kappa shape index (κ1) is 15.9. The second-order valence-corrected chi connectivity index (χ2v) is 7.28. The van der Waals surface area contributed by atoms with Crippen LogP contribution >= 0.6 is 11.6 Å². The van der Waals surface area contributed by atoms with Crippen molar-refractivity contribution in [3.05, 3.63) is 34.3 Å². The van der Waals surface area contributed by atoms with E-state index in [0.29, 0.717) is 11.8 Å². The van der Waals surface area contributed by atoms with Gasteiger partial charge in [0.1, 0.15) is 0 Å². The average Bonchev–Trinajstić information content (AvgIpc) is 2.41. The van der Waals surface area contributed by atoms with Gasteiger partial charge in [-0.1, -0.05) is 37.6 Å². The lowest BCUT2D eigenvalue weighted by atomic mass is 9.69. The number of halogens is 1. The maximum atomic E-state index is 6.41. The van der Waals surface area contributed by atoms with Crippen molar-refractivity contribution < 1.29 is 0 Å². The lowest BCUT2D eigenvalue weighted by Crippen LogP contribution is -2.33. The van der Waals surface area contributed by atoms with Crippen LogP contribution in [0.15, 0.2) is 18.2 Å². The van der Waals surface area contributed by atoms with E-state index < -0.39 is 0 Å². The van der Waals surface area contributed by atoms with Crippen molar-refractivity contribution in [3.8, 4) is 0 Å². The van der Waals surface area contributed by atoms with Gasteiger partial charge in [-0.05, 0) is 80.0 Å². The first-order valence-electron chi connectivity index (χ1n) is 7.96. The summed E-state index contributed by atoms with van der Waals surface area (Å²) in [5.74, 6) is 3.00. The standard InChI is InChI=1S/C18H28ClN/c1-12(2)14-6-7-16(11-20)17(9-14)10-15-5-4-13(3)8-18(15)19/h4-5,8,12,14,16-17H,6-7,9-11,20H2,1-3H3. The molecule has 1 aliphatic rings. The molecule has 0 saturated heterocycles. The predicted octanol–water partition coefficient (Wildman–Crippen LogP) is 4.84. The average molecular weight is 294 g/mol.